The van der Waals surface area contributed by atoms with E-state index < -0.39 is 5.41 Å². The summed E-state index contributed by atoms with van der Waals surface area (Å²) < 4.78 is 7.09. The molecule has 3 aliphatic heterocycles. The molecule has 186 valence electrons. The summed E-state index contributed by atoms with van der Waals surface area (Å²) in [5, 5.41) is 17.1. The minimum absolute atomic E-state index is 0.0651. The molecule has 0 spiro atoms. The van der Waals surface area contributed by atoms with Crippen LogP contribution in [0.1, 0.15) is 24.2 Å². The van der Waals surface area contributed by atoms with E-state index in [4.69, 9.17) is 10.5 Å². The number of fused-ring (bicyclic) bond motifs is 1. The number of nitrogens with two attached hydrogens (primary N) is 1. The Kier molecular flexibility index (Phi) is 6.02. The van der Waals surface area contributed by atoms with Gasteiger partial charge in [-0.3, -0.25) is 14.7 Å². The smallest absolute Gasteiger partial charge is 0.263 e. The van der Waals surface area contributed by atoms with Crippen LogP contribution in [0.2, 0.25) is 0 Å². The van der Waals surface area contributed by atoms with Crippen molar-refractivity contribution in [3.05, 3.63) is 24.0 Å². The van der Waals surface area contributed by atoms with Gasteiger partial charge in [0.1, 0.15) is 11.4 Å². The Morgan fingerprint density at radius 2 is 2.00 bits per heavy atom. The lowest BCUT2D eigenvalue weighted by Gasteiger charge is -2.43. The number of nitrogen functional groups attached to an aromatic ring is 1. The fourth-order valence-electron chi connectivity index (χ4n) is 5.14. The molecule has 1 atom stereocenters. The number of rotatable bonds is 5. The van der Waals surface area contributed by atoms with E-state index in [-0.39, 0.29) is 17.6 Å². The number of nitrogens with one attached hydrogen (secondary N) is 1. The number of carbonyl (C=O) groups excluding carboxylic acids is 1. The molecule has 0 radical (unpaired) electrons. The monoisotopic (exact) mass is 479 g/mol. The SMILES string of the molecule is CN1CC(C(C)(C)C#N)Cn2nc(N)c(C(=O)Nc3cnccc3N3CCN(C4COC4)CC3)c21. The van der Waals surface area contributed by atoms with Gasteiger partial charge in [-0.05, 0) is 19.9 Å². The summed E-state index contributed by atoms with van der Waals surface area (Å²) in [5.74, 6) is 0.608. The van der Waals surface area contributed by atoms with Crippen molar-refractivity contribution in [2.75, 3.05) is 73.8 Å². The number of nitriles is 1. The molecule has 5 heterocycles. The maximum Gasteiger partial charge on any atom is 0.263 e. The Hall–Kier alpha value is -3.36. The summed E-state index contributed by atoms with van der Waals surface area (Å²) in [6.07, 6.45) is 3.43. The van der Waals surface area contributed by atoms with Crippen molar-refractivity contribution in [2.24, 2.45) is 11.3 Å². The minimum atomic E-state index is -0.518. The maximum atomic E-state index is 13.5. The van der Waals surface area contributed by atoms with Gasteiger partial charge in [-0.25, -0.2) is 4.68 Å². The van der Waals surface area contributed by atoms with Gasteiger partial charge in [-0.1, -0.05) is 0 Å². The van der Waals surface area contributed by atoms with E-state index in [0.29, 0.717) is 36.2 Å². The van der Waals surface area contributed by atoms with Crippen LogP contribution in [0.3, 0.4) is 0 Å². The van der Waals surface area contributed by atoms with Gasteiger partial charge in [0.05, 0.1) is 48.3 Å². The third-order valence-electron chi connectivity index (χ3n) is 7.58. The molecule has 1 unspecified atom stereocenters. The molecule has 2 fully saturated rings. The number of aromatic nitrogens is 3. The number of hydrogen-bond donors (Lipinski definition) is 2. The fourth-order valence-corrected chi connectivity index (χ4v) is 5.14. The van der Waals surface area contributed by atoms with E-state index in [0.717, 1.165) is 45.1 Å². The van der Waals surface area contributed by atoms with Crippen LogP contribution in [-0.4, -0.2) is 84.6 Å². The second-order valence-electron chi connectivity index (χ2n) is 10.2. The third-order valence-corrected chi connectivity index (χ3v) is 7.58. The molecule has 0 aliphatic carbocycles. The van der Waals surface area contributed by atoms with Gasteiger partial charge in [0.25, 0.3) is 5.91 Å². The third kappa shape index (κ3) is 4.28. The molecule has 2 aromatic rings. The van der Waals surface area contributed by atoms with Gasteiger partial charge in [0, 0.05) is 58.4 Å². The highest BCUT2D eigenvalue weighted by Crippen LogP contribution is 2.37. The van der Waals surface area contributed by atoms with Crippen molar-refractivity contribution in [3.8, 4) is 6.07 Å². The van der Waals surface area contributed by atoms with Gasteiger partial charge < -0.3 is 25.6 Å². The molecule has 2 aromatic heterocycles. The molecule has 11 nitrogen and oxygen atoms in total. The van der Waals surface area contributed by atoms with Crippen molar-refractivity contribution >= 4 is 28.9 Å². The number of carbonyl (C=O) groups is 1. The number of amides is 1. The molecule has 11 heteroatoms. The van der Waals surface area contributed by atoms with Crippen LogP contribution in [0.15, 0.2) is 18.5 Å². The summed E-state index contributed by atoms with van der Waals surface area (Å²) in [6.45, 7) is 10.3. The highest BCUT2D eigenvalue weighted by atomic mass is 16.5. The van der Waals surface area contributed by atoms with Crippen molar-refractivity contribution in [1.82, 2.24) is 19.7 Å². The summed E-state index contributed by atoms with van der Waals surface area (Å²) in [5.41, 5.74) is 7.67. The van der Waals surface area contributed by atoms with E-state index >= 15 is 0 Å². The normalized spacial score (nSPS) is 21.3. The average molecular weight is 480 g/mol. The lowest BCUT2D eigenvalue weighted by Crippen LogP contribution is -2.56. The Morgan fingerprint density at radius 1 is 1.26 bits per heavy atom. The topological polar surface area (TPSA) is 129 Å². The minimum Gasteiger partial charge on any atom is -0.381 e. The van der Waals surface area contributed by atoms with Crippen LogP contribution >= 0.6 is 0 Å². The standard InChI is InChI=1S/C24H33N9O2/c1-24(2,15-25)16-11-30(3)23-20(21(26)29-33(23)12-16)22(34)28-18-10-27-5-4-19(18)32-8-6-31(7-9-32)17-13-35-14-17/h4-5,10,16-17H,6-9,11-14H2,1-3H3,(H2,26,29)(H,28,34). The number of pyridine rings is 1. The van der Waals surface area contributed by atoms with Crippen molar-refractivity contribution in [3.63, 3.8) is 0 Å². The molecule has 3 aliphatic rings. The van der Waals surface area contributed by atoms with Crippen LogP contribution in [0.5, 0.6) is 0 Å². The van der Waals surface area contributed by atoms with Crippen LogP contribution in [0.4, 0.5) is 23.0 Å². The second-order valence-corrected chi connectivity index (χ2v) is 10.2. The Morgan fingerprint density at radius 3 is 2.66 bits per heavy atom. The molecular weight excluding hydrogens is 446 g/mol. The molecule has 2 saturated heterocycles. The number of anilines is 4. The van der Waals surface area contributed by atoms with E-state index in [1.165, 1.54) is 0 Å². The maximum absolute atomic E-state index is 13.5. The summed E-state index contributed by atoms with van der Waals surface area (Å²) >= 11 is 0. The van der Waals surface area contributed by atoms with Crippen molar-refractivity contribution in [2.45, 2.75) is 26.4 Å². The summed E-state index contributed by atoms with van der Waals surface area (Å²) in [4.78, 5) is 24.5. The zero-order valence-corrected chi connectivity index (χ0v) is 20.6. The van der Waals surface area contributed by atoms with E-state index in [1.54, 1.807) is 17.1 Å². The van der Waals surface area contributed by atoms with Crippen LogP contribution < -0.4 is 20.9 Å². The van der Waals surface area contributed by atoms with Gasteiger partial charge in [-0.2, -0.15) is 10.4 Å². The molecule has 3 N–H and O–H groups in total. The Balaban J connectivity index is 1.34. The predicted molar refractivity (Wildman–Crippen MR) is 133 cm³/mol. The Bertz CT molecular complexity index is 1140. The van der Waals surface area contributed by atoms with Crippen LogP contribution in [0.25, 0.3) is 0 Å². The van der Waals surface area contributed by atoms with E-state index in [9.17, 15) is 10.1 Å². The molecule has 0 aromatic carbocycles. The first kappa shape index (κ1) is 23.4. The quantitative estimate of drug-likeness (QED) is 0.651. The molecule has 35 heavy (non-hydrogen) atoms. The van der Waals surface area contributed by atoms with Crippen molar-refractivity contribution < 1.29 is 9.53 Å². The summed E-state index contributed by atoms with van der Waals surface area (Å²) in [7, 11) is 1.91. The molecular formula is C24H33N9O2. The lowest BCUT2D eigenvalue weighted by atomic mass is 9.79. The molecule has 5 rings (SSSR count). The fraction of sp³-hybridized carbons (Fsp3) is 0.583. The highest BCUT2D eigenvalue weighted by Gasteiger charge is 2.38. The van der Waals surface area contributed by atoms with Gasteiger partial charge >= 0.3 is 0 Å². The molecule has 1 amide bonds. The first-order chi connectivity index (χ1) is 16.8. The number of piperazine rings is 1. The van der Waals surface area contributed by atoms with Crippen LogP contribution in [-0.2, 0) is 11.3 Å². The first-order valence-corrected chi connectivity index (χ1v) is 12.1. The highest BCUT2D eigenvalue weighted by molar-refractivity contribution is 6.12. The number of hydrogen-bond acceptors (Lipinski definition) is 9. The largest absolute Gasteiger partial charge is 0.381 e. The van der Waals surface area contributed by atoms with Gasteiger partial charge in [-0.15, -0.1) is 0 Å². The first-order valence-electron chi connectivity index (χ1n) is 12.1. The van der Waals surface area contributed by atoms with E-state index in [2.05, 4.69) is 31.3 Å². The predicted octanol–water partition coefficient (Wildman–Crippen LogP) is 1.25. The van der Waals surface area contributed by atoms with Gasteiger partial charge in [0.15, 0.2) is 5.82 Å². The average Bonchev–Trinajstić information content (AvgIpc) is 3.15. The number of ether oxygens (including phenoxy) is 1. The van der Waals surface area contributed by atoms with E-state index in [1.807, 2.05) is 31.9 Å². The zero-order chi connectivity index (χ0) is 24.7. The lowest BCUT2D eigenvalue weighted by molar-refractivity contribution is -0.0660. The molecule has 0 bridgehead atoms. The number of nitrogens with zero attached hydrogens (tertiary/aromatic N) is 7. The molecule has 0 saturated carbocycles. The Labute approximate surface area is 205 Å². The summed E-state index contributed by atoms with van der Waals surface area (Å²) in [6, 6.07) is 4.86. The van der Waals surface area contributed by atoms with Gasteiger partial charge in [0.2, 0.25) is 0 Å². The van der Waals surface area contributed by atoms with Crippen molar-refractivity contribution in [1.29, 1.82) is 5.26 Å². The zero-order valence-electron chi connectivity index (χ0n) is 20.6. The second kappa shape index (κ2) is 9.02. The van der Waals surface area contributed by atoms with Crippen LogP contribution in [0, 0.1) is 22.7 Å².